The zero-order valence-electron chi connectivity index (χ0n) is 16.8. The average Bonchev–Trinajstić information content (AvgIpc) is 3.09. The number of para-hydroxylation sites is 1. The molecule has 2 heterocycles. The van der Waals surface area contributed by atoms with Crippen LogP contribution in [0, 0.1) is 17.8 Å². The molecule has 2 aromatic carbocycles. The fourth-order valence-corrected chi connectivity index (χ4v) is 3.82. The number of likely N-dealkylation sites (tertiary alicyclic amines) is 1. The van der Waals surface area contributed by atoms with Gasteiger partial charge in [0.05, 0.1) is 12.2 Å². The molecular formula is C24H26N4O. The highest BCUT2D eigenvalue weighted by molar-refractivity contribution is 5.57. The monoisotopic (exact) mass is 386 g/mol. The van der Waals surface area contributed by atoms with Gasteiger partial charge < -0.3 is 0 Å². The van der Waals surface area contributed by atoms with Crippen LogP contribution >= 0.6 is 0 Å². The summed E-state index contributed by atoms with van der Waals surface area (Å²) in [6, 6.07) is 19.4. The van der Waals surface area contributed by atoms with E-state index in [9.17, 15) is 4.79 Å². The lowest BCUT2D eigenvalue weighted by molar-refractivity contribution is 0.204. The highest BCUT2D eigenvalue weighted by atomic mass is 16.2. The van der Waals surface area contributed by atoms with Gasteiger partial charge >= 0.3 is 5.69 Å². The topological polar surface area (TPSA) is 43.1 Å². The third-order valence-corrected chi connectivity index (χ3v) is 5.28. The summed E-state index contributed by atoms with van der Waals surface area (Å²) in [4.78, 5) is 15.5. The van der Waals surface area contributed by atoms with Gasteiger partial charge in [0.25, 0.3) is 0 Å². The predicted octanol–water partition coefficient (Wildman–Crippen LogP) is 3.44. The van der Waals surface area contributed by atoms with Crippen LogP contribution in [0.4, 0.5) is 0 Å². The summed E-state index contributed by atoms with van der Waals surface area (Å²) in [5, 5.41) is 4.60. The summed E-state index contributed by atoms with van der Waals surface area (Å²) < 4.78 is 3.12. The number of hydrogen-bond acceptors (Lipinski definition) is 3. The normalized spacial score (nSPS) is 16.9. The molecule has 148 valence electrons. The minimum atomic E-state index is -0.170. The summed E-state index contributed by atoms with van der Waals surface area (Å²) in [7, 11) is 0. The maximum atomic E-state index is 13.1. The predicted molar refractivity (Wildman–Crippen MR) is 116 cm³/mol. The summed E-state index contributed by atoms with van der Waals surface area (Å²) in [6.45, 7) is 5.56. The maximum Gasteiger partial charge on any atom is 0.351 e. The molecule has 3 aromatic rings. The molecule has 0 aliphatic carbocycles. The van der Waals surface area contributed by atoms with E-state index in [1.54, 1.807) is 4.57 Å². The van der Waals surface area contributed by atoms with Gasteiger partial charge in [-0.2, -0.15) is 0 Å². The molecule has 1 unspecified atom stereocenters. The molecule has 5 heteroatoms. The highest BCUT2D eigenvalue weighted by Gasteiger charge is 2.16. The molecule has 0 spiro atoms. The molecule has 1 saturated heterocycles. The molecule has 1 aliphatic rings. The first kappa shape index (κ1) is 19.2. The number of benzene rings is 2. The fourth-order valence-electron chi connectivity index (χ4n) is 3.82. The molecule has 0 saturated carbocycles. The second-order valence-corrected chi connectivity index (χ2v) is 7.64. The van der Waals surface area contributed by atoms with Crippen LogP contribution in [0.25, 0.3) is 17.1 Å². The van der Waals surface area contributed by atoms with Gasteiger partial charge in [-0.25, -0.2) is 14.0 Å². The van der Waals surface area contributed by atoms with Crippen LogP contribution in [-0.4, -0.2) is 38.9 Å². The van der Waals surface area contributed by atoms with E-state index in [-0.39, 0.29) is 5.69 Å². The van der Waals surface area contributed by atoms with Gasteiger partial charge in [-0.05, 0) is 37.4 Å². The molecule has 1 fully saturated rings. The van der Waals surface area contributed by atoms with E-state index >= 15 is 0 Å². The number of nitrogens with zero attached hydrogens (tertiary/aromatic N) is 4. The Kier molecular flexibility index (Phi) is 5.92. The lowest BCUT2D eigenvalue weighted by Gasteiger charge is -2.28. The zero-order valence-corrected chi connectivity index (χ0v) is 16.8. The Bertz CT molecular complexity index is 1060. The lowest BCUT2D eigenvalue weighted by Crippen LogP contribution is -2.34. The van der Waals surface area contributed by atoms with Crippen molar-refractivity contribution in [1.82, 2.24) is 19.2 Å². The van der Waals surface area contributed by atoms with Crippen LogP contribution in [0.15, 0.2) is 65.5 Å². The first-order chi connectivity index (χ1) is 14.2. The minimum absolute atomic E-state index is 0.170. The van der Waals surface area contributed by atoms with Crippen molar-refractivity contribution in [2.45, 2.75) is 26.3 Å². The van der Waals surface area contributed by atoms with Crippen molar-refractivity contribution in [2.75, 3.05) is 19.6 Å². The van der Waals surface area contributed by atoms with E-state index in [1.165, 1.54) is 17.5 Å². The molecule has 5 nitrogen and oxygen atoms in total. The summed E-state index contributed by atoms with van der Waals surface area (Å²) in [5.74, 6) is 7.74. The Hall–Kier alpha value is -3.10. The van der Waals surface area contributed by atoms with Crippen molar-refractivity contribution in [1.29, 1.82) is 0 Å². The van der Waals surface area contributed by atoms with Crippen molar-refractivity contribution < 1.29 is 0 Å². The molecule has 1 aromatic heterocycles. The van der Waals surface area contributed by atoms with E-state index in [0.29, 0.717) is 12.4 Å². The third-order valence-electron chi connectivity index (χ3n) is 5.28. The zero-order chi connectivity index (χ0) is 20.1. The van der Waals surface area contributed by atoms with Gasteiger partial charge in [-0.1, -0.05) is 67.3 Å². The van der Waals surface area contributed by atoms with E-state index in [4.69, 9.17) is 0 Å². The van der Waals surface area contributed by atoms with Crippen LogP contribution in [0.5, 0.6) is 0 Å². The molecule has 0 N–H and O–H groups in total. The van der Waals surface area contributed by atoms with Gasteiger partial charge in [0.15, 0.2) is 5.82 Å². The van der Waals surface area contributed by atoms with Crippen LogP contribution in [0.2, 0.25) is 0 Å². The van der Waals surface area contributed by atoms with Crippen molar-refractivity contribution in [3.05, 3.63) is 71.1 Å². The number of aromatic nitrogens is 3. The fraction of sp³-hybridized carbons (Fsp3) is 0.333. The second kappa shape index (κ2) is 8.93. The summed E-state index contributed by atoms with van der Waals surface area (Å²) in [6.07, 6.45) is 2.54. The average molecular weight is 386 g/mol. The van der Waals surface area contributed by atoms with E-state index in [0.717, 1.165) is 36.8 Å². The number of hydrogen-bond donors (Lipinski definition) is 0. The molecule has 1 aliphatic heterocycles. The van der Waals surface area contributed by atoms with Crippen LogP contribution in [0.3, 0.4) is 0 Å². The third kappa shape index (κ3) is 4.49. The largest absolute Gasteiger partial charge is 0.351 e. The molecule has 0 radical (unpaired) electrons. The first-order valence-electron chi connectivity index (χ1n) is 10.2. The SMILES string of the molecule is CC1CCCN(CC#CCn2nc(-c3ccccc3)n(-c3ccccc3)c2=O)C1. The molecule has 1 atom stereocenters. The van der Waals surface area contributed by atoms with Crippen molar-refractivity contribution in [3.8, 4) is 28.9 Å². The van der Waals surface area contributed by atoms with Gasteiger partial charge in [0, 0.05) is 12.1 Å². The summed E-state index contributed by atoms with van der Waals surface area (Å²) in [5.41, 5.74) is 1.54. The van der Waals surface area contributed by atoms with Crippen molar-refractivity contribution in [2.24, 2.45) is 5.92 Å². The standard InChI is InChI=1S/C24H26N4O/c1-20-11-10-17-26(19-20)16-8-9-18-27-24(29)28(22-14-6-3-7-15-22)23(25-27)21-12-4-2-5-13-21/h2-7,12-15,20H,10-11,16-19H2,1H3. The van der Waals surface area contributed by atoms with Crippen LogP contribution in [-0.2, 0) is 6.54 Å². The number of rotatable bonds is 4. The Morgan fingerprint density at radius 1 is 1.00 bits per heavy atom. The molecule has 4 rings (SSSR count). The Morgan fingerprint density at radius 3 is 2.41 bits per heavy atom. The van der Waals surface area contributed by atoms with Crippen LogP contribution < -0.4 is 5.69 Å². The van der Waals surface area contributed by atoms with Gasteiger partial charge in [0.1, 0.15) is 6.54 Å². The highest BCUT2D eigenvalue weighted by Crippen LogP contribution is 2.19. The van der Waals surface area contributed by atoms with E-state index in [1.807, 2.05) is 60.7 Å². The molecule has 0 bridgehead atoms. The molecular weight excluding hydrogens is 360 g/mol. The van der Waals surface area contributed by atoms with Gasteiger partial charge in [-0.3, -0.25) is 4.90 Å². The molecule has 0 amide bonds. The van der Waals surface area contributed by atoms with Crippen LogP contribution in [0.1, 0.15) is 19.8 Å². The van der Waals surface area contributed by atoms with Crippen molar-refractivity contribution >= 4 is 0 Å². The number of piperidine rings is 1. The quantitative estimate of drug-likeness (QED) is 0.645. The van der Waals surface area contributed by atoms with E-state index < -0.39 is 0 Å². The minimum Gasteiger partial charge on any atom is -0.292 e. The second-order valence-electron chi connectivity index (χ2n) is 7.64. The first-order valence-corrected chi connectivity index (χ1v) is 10.2. The molecule has 29 heavy (non-hydrogen) atoms. The van der Waals surface area contributed by atoms with E-state index in [2.05, 4.69) is 28.8 Å². The smallest absolute Gasteiger partial charge is 0.292 e. The summed E-state index contributed by atoms with van der Waals surface area (Å²) >= 11 is 0. The lowest BCUT2D eigenvalue weighted by atomic mass is 10.0. The maximum absolute atomic E-state index is 13.1. The Balaban J connectivity index is 1.59. The Labute approximate surface area is 171 Å². The van der Waals surface area contributed by atoms with Crippen molar-refractivity contribution in [3.63, 3.8) is 0 Å². The van der Waals surface area contributed by atoms with Gasteiger partial charge in [-0.15, -0.1) is 5.10 Å². The van der Waals surface area contributed by atoms with Gasteiger partial charge in [0.2, 0.25) is 0 Å². The Morgan fingerprint density at radius 2 is 1.69 bits per heavy atom.